The Hall–Kier alpha value is -1.39. The fourth-order valence-electron chi connectivity index (χ4n) is 1.34. The topological polar surface area (TPSA) is 55.8 Å². The molecule has 1 N–H and O–H groups in total. The van der Waals surface area contributed by atoms with Crippen molar-refractivity contribution in [3.05, 3.63) is 35.4 Å². The van der Waals surface area contributed by atoms with Gasteiger partial charge in [-0.05, 0) is 13.3 Å². The van der Waals surface area contributed by atoms with Gasteiger partial charge in [-0.3, -0.25) is 4.79 Å². The minimum atomic E-state index is -0.937. The number of benzene rings is 1. The lowest BCUT2D eigenvalue weighted by molar-refractivity contribution is -0.142. The lowest BCUT2D eigenvalue weighted by Crippen LogP contribution is -2.07. The molecule has 1 rings (SSSR count). The molecule has 94 valence electrons. The van der Waals surface area contributed by atoms with E-state index in [1.165, 1.54) is 7.11 Å². The van der Waals surface area contributed by atoms with E-state index in [0.29, 0.717) is 25.0 Å². The lowest BCUT2D eigenvalue weighted by Gasteiger charge is -2.12. The molecule has 4 heteroatoms. The van der Waals surface area contributed by atoms with Crippen LogP contribution < -0.4 is 0 Å². The van der Waals surface area contributed by atoms with Crippen molar-refractivity contribution < 1.29 is 19.4 Å². The molecule has 1 aromatic carbocycles. The first-order chi connectivity index (χ1) is 8.13. The highest BCUT2D eigenvalue weighted by atomic mass is 16.6. The maximum atomic E-state index is 10.8. The summed E-state index contributed by atoms with van der Waals surface area (Å²) in [6.07, 6.45) is -0.0968. The molecule has 1 aromatic rings. The van der Waals surface area contributed by atoms with Crippen LogP contribution in [0.1, 0.15) is 30.3 Å². The average Bonchev–Trinajstić information content (AvgIpc) is 2.34. The first kappa shape index (κ1) is 13.7. The Morgan fingerprint density at radius 1 is 1.35 bits per heavy atom. The molecule has 0 aliphatic rings. The Bertz CT molecular complexity index is 345. The van der Waals surface area contributed by atoms with Gasteiger partial charge in [0.15, 0.2) is 6.29 Å². The van der Waals surface area contributed by atoms with Crippen LogP contribution in [0.4, 0.5) is 0 Å². The Kier molecular flexibility index (Phi) is 5.66. The van der Waals surface area contributed by atoms with Gasteiger partial charge in [-0.15, -0.1) is 0 Å². The first-order valence-electron chi connectivity index (χ1n) is 5.56. The van der Waals surface area contributed by atoms with Gasteiger partial charge in [-0.1, -0.05) is 29.8 Å². The molecular weight excluding hydrogens is 220 g/mol. The Labute approximate surface area is 101 Å². The van der Waals surface area contributed by atoms with Crippen molar-refractivity contribution in [1.29, 1.82) is 0 Å². The molecule has 0 bridgehead atoms. The van der Waals surface area contributed by atoms with Gasteiger partial charge in [-0.25, -0.2) is 0 Å². The standard InChI is InChI=1S/C13H18O4/c1-10-5-7-11(8-6-10)13(15)17-9-3-4-12(14)16-2/h5-8,13,15H,3-4,9H2,1-2H3. The van der Waals surface area contributed by atoms with Crippen LogP contribution in [0.15, 0.2) is 24.3 Å². The van der Waals surface area contributed by atoms with Crippen LogP contribution in [0.25, 0.3) is 0 Å². The second kappa shape index (κ2) is 7.04. The van der Waals surface area contributed by atoms with E-state index < -0.39 is 6.29 Å². The number of hydrogen-bond acceptors (Lipinski definition) is 4. The Morgan fingerprint density at radius 2 is 2.00 bits per heavy atom. The van der Waals surface area contributed by atoms with Crippen LogP contribution in [0.2, 0.25) is 0 Å². The van der Waals surface area contributed by atoms with Gasteiger partial charge in [0.1, 0.15) is 0 Å². The van der Waals surface area contributed by atoms with E-state index in [1.54, 1.807) is 0 Å². The highest BCUT2D eigenvalue weighted by Crippen LogP contribution is 2.15. The largest absolute Gasteiger partial charge is 0.469 e. The monoisotopic (exact) mass is 238 g/mol. The third-order valence-corrected chi connectivity index (χ3v) is 2.39. The van der Waals surface area contributed by atoms with Gasteiger partial charge in [0.05, 0.1) is 13.7 Å². The second-order valence-corrected chi connectivity index (χ2v) is 3.81. The summed E-state index contributed by atoms with van der Waals surface area (Å²) in [6, 6.07) is 7.47. The number of carbonyl (C=O) groups is 1. The fraction of sp³-hybridized carbons (Fsp3) is 0.462. The first-order valence-corrected chi connectivity index (χ1v) is 5.56. The number of esters is 1. The number of rotatable bonds is 6. The zero-order chi connectivity index (χ0) is 12.7. The zero-order valence-corrected chi connectivity index (χ0v) is 10.2. The summed E-state index contributed by atoms with van der Waals surface area (Å²) in [4.78, 5) is 10.8. The van der Waals surface area contributed by atoms with Crippen molar-refractivity contribution >= 4 is 5.97 Å². The smallest absolute Gasteiger partial charge is 0.305 e. The maximum Gasteiger partial charge on any atom is 0.305 e. The fourth-order valence-corrected chi connectivity index (χ4v) is 1.34. The molecule has 4 nitrogen and oxygen atoms in total. The molecule has 0 fully saturated rings. The molecule has 0 spiro atoms. The number of methoxy groups -OCH3 is 1. The van der Waals surface area contributed by atoms with Crippen LogP contribution in [0, 0.1) is 6.92 Å². The highest BCUT2D eigenvalue weighted by Gasteiger charge is 2.07. The van der Waals surface area contributed by atoms with Crippen LogP contribution in [0.5, 0.6) is 0 Å². The Balaban J connectivity index is 2.27. The molecule has 17 heavy (non-hydrogen) atoms. The SMILES string of the molecule is COC(=O)CCCOC(O)c1ccc(C)cc1. The van der Waals surface area contributed by atoms with E-state index in [9.17, 15) is 9.90 Å². The minimum absolute atomic E-state index is 0.265. The molecule has 0 aromatic heterocycles. The van der Waals surface area contributed by atoms with Crippen LogP contribution in [-0.4, -0.2) is 24.8 Å². The molecule has 0 saturated carbocycles. The second-order valence-electron chi connectivity index (χ2n) is 3.81. The van der Waals surface area contributed by atoms with E-state index in [-0.39, 0.29) is 5.97 Å². The van der Waals surface area contributed by atoms with Gasteiger partial charge in [0, 0.05) is 12.0 Å². The van der Waals surface area contributed by atoms with Crippen LogP contribution >= 0.6 is 0 Å². The Morgan fingerprint density at radius 3 is 2.59 bits per heavy atom. The van der Waals surface area contributed by atoms with Gasteiger partial charge in [0.2, 0.25) is 0 Å². The average molecular weight is 238 g/mol. The van der Waals surface area contributed by atoms with Crippen molar-refractivity contribution in [2.24, 2.45) is 0 Å². The number of carbonyl (C=O) groups excluding carboxylic acids is 1. The predicted octanol–water partition coefficient (Wildman–Crippen LogP) is 1.96. The molecule has 0 heterocycles. The van der Waals surface area contributed by atoms with Gasteiger partial charge in [0.25, 0.3) is 0 Å². The van der Waals surface area contributed by atoms with Gasteiger partial charge in [-0.2, -0.15) is 0 Å². The molecular formula is C13H18O4. The highest BCUT2D eigenvalue weighted by molar-refractivity contribution is 5.68. The number of ether oxygens (including phenoxy) is 2. The molecule has 0 amide bonds. The van der Waals surface area contributed by atoms with Crippen LogP contribution in [-0.2, 0) is 14.3 Å². The van der Waals surface area contributed by atoms with E-state index in [0.717, 1.165) is 5.56 Å². The van der Waals surface area contributed by atoms with E-state index in [2.05, 4.69) is 4.74 Å². The summed E-state index contributed by atoms with van der Waals surface area (Å²) in [5, 5.41) is 9.70. The summed E-state index contributed by atoms with van der Waals surface area (Å²) >= 11 is 0. The van der Waals surface area contributed by atoms with Gasteiger partial charge >= 0.3 is 5.97 Å². The van der Waals surface area contributed by atoms with E-state index >= 15 is 0 Å². The molecule has 0 aliphatic carbocycles. The molecule has 1 unspecified atom stereocenters. The summed E-state index contributed by atoms with van der Waals surface area (Å²) in [5.41, 5.74) is 1.85. The predicted molar refractivity (Wildman–Crippen MR) is 63.3 cm³/mol. The van der Waals surface area contributed by atoms with E-state index in [4.69, 9.17) is 4.74 Å². The van der Waals surface area contributed by atoms with Crippen LogP contribution in [0.3, 0.4) is 0 Å². The molecule has 1 atom stereocenters. The maximum absolute atomic E-state index is 10.8. The third kappa shape index (κ3) is 4.97. The van der Waals surface area contributed by atoms with Crippen molar-refractivity contribution in [2.45, 2.75) is 26.1 Å². The quantitative estimate of drug-likeness (QED) is 0.467. The normalized spacial score (nSPS) is 12.2. The number of aryl methyl sites for hydroxylation is 1. The van der Waals surface area contributed by atoms with Crippen molar-refractivity contribution in [3.63, 3.8) is 0 Å². The van der Waals surface area contributed by atoms with Crippen molar-refractivity contribution in [1.82, 2.24) is 0 Å². The van der Waals surface area contributed by atoms with Crippen molar-refractivity contribution in [3.8, 4) is 0 Å². The summed E-state index contributed by atoms with van der Waals surface area (Å²) in [7, 11) is 1.35. The number of aliphatic hydroxyl groups is 1. The summed E-state index contributed by atoms with van der Waals surface area (Å²) in [6.45, 7) is 2.30. The minimum Gasteiger partial charge on any atom is -0.469 e. The molecule has 0 radical (unpaired) electrons. The number of hydrogen-bond donors (Lipinski definition) is 1. The molecule has 0 aliphatic heterocycles. The zero-order valence-electron chi connectivity index (χ0n) is 10.2. The van der Waals surface area contributed by atoms with Crippen molar-refractivity contribution in [2.75, 3.05) is 13.7 Å². The lowest BCUT2D eigenvalue weighted by atomic mass is 10.1. The summed E-state index contributed by atoms with van der Waals surface area (Å²) < 4.78 is 9.71. The van der Waals surface area contributed by atoms with Gasteiger partial charge < -0.3 is 14.6 Å². The third-order valence-electron chi connectivity index (χ3n) is 2.39. The summed E-state index contributed by atoms with van der Waals surface area (Å²) in [5.74, 6) is -0.265. The number of aliphatic hydroxyl groups excluding tert-OH is 1. The van der Waals surface area contributed by atoms with E-state index in [1.807, 2.05) is 31.2 Å². The molecule has 0 saturated heterocycles.